The summed E-state index contributed by atoms with van der Waals surface area (Å²) in [6, 6.07) is 36.1. The zero-order chi connectivity index (χ0) is 40.1. The first-order valence-corrected chi connectivity index (χ1v) is 19.5. The zero-order valence-electron chi connectivity index (χ0n) is 31.6. The van der Waals surface area contributed by atoms with Gasteiger partial charge in [0.25, 0.3) is 11.8 Å². The minimum atomic E-state index is -0.659. The van der Waals surface area contributed by atoms with E-state index in [0.29, 0.717) is 50.7 Å². The van der Waals surface area contributed by atoms with Crippen molar-refractivity contribution in [3.8, 4) is 34.3 Å². The van der Waals surface area contributed by atoms with Crippen LogP contribution in [0.3, 0.4) is 0 Å². The molecule has 0 bridgehead atoms. The predicted octanol–water partition coefficient (Wildman–Crippen LogP) is 9.12. The Kier molecular flexibility index (Phi) is 13.6. The van der Waals surface area contributed by atoms with Crippen molar-refractivity contribution in [1.82, 2.24) is 10.3 Å². The summed E-state index contributed by atoms with van der Waals surface area (Å²) in [5.74, 6) is 0.670. The number of rotatable bonds is 16. The summed E-state index contributed by atoms with van der Waals surface area (Å²) in [5, 5.41) is 10.4. The fourth-order valence-electron chi connectivity index (χ4n) is 5.67. The molecule has 0 aliphatic rings. The smallest absolute Gasteiger partial charge is 0.272 e. The van der Waals surface area contributed by atoms with Gasteiger partial charge in [0.05, 0.1) is 33.6 Å². The summed E-state index contributed by atoms with van der Waals surface area (Å²) in [6.45, 7) is 2.52. The molecule has 1 atom stereocenters. The van der Waals surface area contributed by atoms with Gasteiger partial charge >= 0.3 is 0 Å². The largest absolute Gasteiger partial charge is 0.496 e. The molecule has 5 aromatic carbocycles. The molecule has 11 nitrogen and oxygen atoms in total. The first kappa shape index (κ1) is 40.1. The van der Waals surface area contributed by atoms with E-state index in [-0.39, 0.29) is 11.6 Å². The SMILES string of the molecule is CCOc1ccc(-c2csc(NC(=O)C(Sc3cccc(NC(=O)/C(=C\c4cc(OC)c(OC)cc4OC)NC(=O)c4ccccc4)c3)c3ccccc3)n2)cc1. The van der Waals surface area contributed by atoms with Crippen LogP contribution >= 0.6 is 23.1 Å². The number of methoxy groups -OCH3 is 3. The molecule has 0 saturated carbocycles. The number of nitrogens with zero attached hydrogens (tertiary/aromatic N) is 1. The van der Waals surface area contributed by atoms with Crippen LogP contribution in [0, 0.1) is 0 Å². The zero-order valence-corrected chi connectivity index (χ0v) is 33.2. The average Bonchev–Trinajstić information content (AvgIpc) is 3.71. The standard InChI is InChI=1S/C44H40N4O7S2/c1-5-55-33-21-19-28(20-22-33)36-27-56-44(47-36)48-43(51)40(29-13-8-6-9-14-29)57-34-18-12-17-32(25-34)45-42(50)35(46-41(49)30-15-10-7-11-16-30)23-31-24-38(53-3)39(54-4)26-37(31)52-2/h6-27,40H,5H2,1-4H3,(H,45,50)(H,46,49)(H,47,48,51)/b35-23+. The molecule has 0 spiro atoms. The van der Waals surface area contributed by atoms with Crippen molar-refractivity contribution in [3.63, 3.8) is 0 Å². The molecule has 57 heavy (non-hydrogen) atoms. The van der Waals surface area contributed by atoms with Crippen LogP contribution in [0.5, 0.6) is 23.0 Å². The van der Waals surface area contributed by atoms with Gasteiger partial charge in [0.15, 0.2) is 16.6 Å². The molecule has 0 radical (unpaired) electrons. The Bertz CT molecular complexity index is 2350. The Morgan fingerprint density at radius 1 is 0.772 bits per heavy atom. The normalized spacial score (nSPS) is 11.5. The van der Waals surface area contributed by atoms with E-state index in [1.165, 1.54) is 50.5 Å². The van der Waals surface area contributed by atoms with Crippen LogP contribution in [0.1, 0.15) is 33.7 Å². The highest BCUT2D eigenvalue weighted by atomic mass is 32.2. The summed E-state index contributed by atoms with van der Waals surface area (Å²) < 4.78 is 22.0. The van der Waals surface area contributed by atoms with Crippen LogP contribution in [0.2, 0.25) is 0 Å². The third-order valence-electron chi connectivity index (χ3n) is 8.45. The topological polar surface area (TPSA) is 137 Å². The van der Waals surface area contributed by atoms with E-state index in [9.17, 15) is 14.4 Å². The van der Waals surface area contributed by atoms with Crippen LogP contribution in [0.25, 0.3) is 17.3 Å². The highest BCUT2D eigenvalue weighted by molar-refractivity contribution is 8.00. The van der Waals surface area contributed by atoms with E-state index in [0.717, 1.165) is 22.6 Å². The van der Waals surface area contributed by atoms with Crippen molar-refractivity contribution in [2.45, 2.75) is 17.1 Å². The molecule has 6 rings (SSSR count). The lowest BCUT2D eigenvalue weighted by Gasteiger charge is -2.17. The van der Waals surface area contributed by atoms with Gasteiger partial charge in [-0.1, -0.05) is 54.6 Å². The molecule has 1 heterocycles. The number of ether oxygens (including phenoxy) is 4. The molecule has 0 aliphatic carbocycles. The highest BCUT2D eigenvalue weighted by Gasteiger charge is 2.24. The molecule has 1 aromatic heterocycles. The van der Waals surface area contributed by atoms with E-state index in [1.807, 2.05) is 73.0 Å². The van der Waals surface area contributed by atoms with E-state index in [4.69, 9.17) is 18.9 Å². The Hall–Kier alpha value is -6.57. The lowest BCUT2D eigenvalue weighted by atomic mass is 10.1. The fraction of sp³-hybridized carbons (Fsp3) is 0.136. The number of aromatic nitrogens is 1. The summed E-state index contributed by atoms with van der Waals surface area (Å²) in [5.41, 5.74) is 3.65. The molecule has 3 amide bonds. The Labute approximate surface area is 339 Å². The maximum Gasteiger partial charge on any atom is 0.272 e. The van der Waals surface area contributed by atoms with E-state index < -0.39 is 17.1 Å². The summed E-state index contributed by atoms with van der Waals surface area (Å²) in [4.78, 5) is 46.7. The molecule has 3 N–H and O–H groups in total. The second-order valence-corrected chi connectivity index (χ2v) is 14.2. The van der Waals surface area contributed by atoms with Crippen molar-refractivity contribution >= 4 is 57.7 Å². The Morgan fingerprint density at radius 3 is 2.14 bits per heavy atom. The number of thioether (sulfide) groups is 1. The maximum absolute atomic E-state index is 14.0. The van der Waals surface area contributed by atoms with Gasteiger partial charge in [-0.2, -0.15) is 0 Å². The van der Waals surface area contributed by atoms with E-state index >= 15 is 0 Å². The third kappa shape index (κ3) is 10.4. The van der Waals surface area contributed by atoms with Crippen molar-refractivity contribution in [2.75, 3.05) is 38.6 Å². The number of nitrogens with one attached hydrogen (secondary N) is 3. The van der Waals surface area contributed by atoms with Crippen LogP contribution in [-0.4, -0.2) is 50.6 Å². The van der Waals surface area contributed by atoms with Gasteiger partial charge in [-0.05, 0) is 79.2 Å². The number of carbonyl (C=O) groups excluding carboxylic acids is 3. The quantitative estimate of drug-likeness (QED) is 0.0647. The number of hydrogen-bond donors (Lipinski definition) is 3. The number of hydrogen-bond acceptors (Lipinski definition) is 10. The first-order valence-electron chi connectivity index (χ1n) is 17.8. The first-order chi connectivity index (χ1) is 27.8. The van der Waals surface area contributed by atoms with Crippen molar-refractivity contribution in [2.24, 2.45) is 0 Å². The van der Waals surface area contributed by atoms with Gasteiger partial charge in [0, 0.05) is 38.7 Å². The van der Waals surface area contributed by atoms with E-state index in [1.54, 1.807) is 60.7 Å². The van der Waals surface area contributed by atoms with Gasteiger partial charge in [0.2, 0.25) is 5.91 Å². The number of benzene rings is 5. The van der Waals surface area contributed by atoms with Crippen LogP contribution in [0.4, 0.5) is 10.8 Å². The molecular formula is C44H40N4O7S2. The Balaban J connectivity index is 1.24. The van der Waals surface area contributed by atoms with Crippen LogP contribution in [-0.2, 0) is 9.59 Å². The van der Waals surface area contributed by atoms with Crippen molar-refractivity contribution in [1.29, 1.82) is 0 Å². The minimum absolute atomic E-state index is 0.0537. The minimum Gasteiger partial charge on any atom is -0.496 e. The lowest BCUT2D eigenvalue weighted by molar-refractivity contribution is -0.116. The van der Waals surface area contributed by atoms with Gasteiger partial charge < -0.3 is 34.9 Å². The molecule has 0 saturated heterocycles. The predicted molar refractivity (Wildman–Crippen MR) is 225 cm³/mol. The average molecular weight is 801 g/mol. The molecule has 6 aromatic rings. The number of thiazole rings is 1. The molecule has 0 aliphatic heterocycles. The maximum atomic E-state index is 14.0. The van der Waals surface area contributed by atoms with Gasteiger partial charge in [0.1, 0.15) is 22.4 Å². The van der Waals surface area contributed by atoms with Gasteiger partial charge in [-0.25, -0.2) is 4.98 Å². The van der Waals surface area contributed by atoms with Gasteiger partial charge in [-0.3, -0.25) is 14.4 Å². The third-order valence-corrected chi connectivity index (χ3v) is 10.5. The van der Waals surface area contributed by atoms with Gasteiger partial charge in [-0.15, -0.1) is 23.1 Å². The summed E-state index contributed by atoms with van der Waals surface area (Å²) in [6.07, 6.45) is 1.51. The second kappa shape index (κ2) is 19.3. The molecular weight excluding hydrogens is 761 g/mol. The summed E-state index contributed by atoms with van der Waals surface area (Å²) in [7, 11) is 4.50. The lowest BCUT2D eigenvalue weighted by Crippen LogP contribution is -2.30. The number of anilines is 2. The van der Waals surface area contributed by atoms with Crippen molar-refractivity contribution < 1.29 is 33.3 Å². The molecule has 1 unspecified atom stereocenters. The Morgan fingerprint density at radius 2 is 1.46 bits per heavy atom. The summed E-state index contributed by atoms with van der Waals surface area (Å²) >= 11 is 2.66. The van der Waals surface area contributed by atoms with E-state index in [2.05, 4.69) is 20.9 Å². The second-order valence-electron chi connectivity index (χ2n) is 12.2. The van der Waals surface area contributed by atoms with Crippen molar-refractivity contribution in [3.05, 3.63) is 149 Å². The molecule has 290 valence electrons. The van der Waals surface area contributed by atoms with Crippen LogP contribution < -0.4 is 34.9 Å². The number of carbonyl (C=O) groups is 3. The van der Waals surface area contributed by atoms with Crippen LogP contribution in [0.15, 0.2) is 137 Å². The molecule has 13 heteroatoms. The molecule has 0 fully saturated rings. The number of amides is 3. The monoisotopic (exact) mass is 800 g/mol. The fourth-order valence-corrected chi connectivity index (χ4v) is 7.48. The highest BCUT2D eigenvalue weighted by Crippen LogP contribution is 2.39.